The zero-order valence-corrected chi connectivity index (χ0v) is 24.9. The molecule has 0 fully saturated rings. The van der Waals surface area contributed by atoms with Gasteiger partial charge in [-0.25, -0.2) is 4.79 Å². The first-order valence-corrected chi connectivity index (χ1v) is 14.0. The molecule has 44 heavy (non-hydrogen) atoms. The summed E-state index contributed by atoms with van der Waals surface area (Å²) in [6, 6.07) is 31.5. The highest BCUT2D eigenvalue weighted by Gasteiger charge is 2.25. The Hall–Kier alpha value is -5.64. The van der Waals surface area contributed by atoms with Gasteiger partial charge in [0.25, 0.3) is 5.91 Å². The number of anilines is 4. The van der Waals surface area contributed by atoms with Crippen molar-refractivity contribution in [1.82, 2.24) is 5.32 Å². The summed E-state index contributed by atoms with van der Waals surface area (Å²) in [5.41, 5.74) is 3.19. The fraction of sp³-hybridized carbons (Fsp3) is 0.176. The highest BCUT2D eigenvalue weighted by molar-refractivity contribution is 6.06. The predicted molar refractivity (Wildman–Crippen MR) is 172 cm³/mol. The number of para-hydroxylation sites is 4. The molecule has 10 heteroatoms. The number of hydrogen-bond donors (Lipinski definition) is 2. The number of carbonyl (C=O) groups is 4. The van der Waals surface area contributed by atoms with E-state index in [2.05, 4.69) is 10.6 Å². The summed E-state index contributed by atoms with van der Waals surface area (Å²) in [7, 11) is 3.27. The van der Waals surface area contributed by atoms with E-state index in [1.165, 1.54) is 14.7 Å². The van der Waals surface area contributed by atoms with Crippen molar-refractivity contribution in [3.8, 4) is 5.75 Å². The van der Waals surface area contributed by atoms with E-state index in [1.54, 1.807) is 62.6 Å². The van der Waals surface area contributed by atoms with Gasteiger partial charge in [-0.1, -0.05) is 60.7 Å². The third-order valence-electron chi connectivity index (χ3n) is 6.81. The van der Waals surface area contributed by atoms with Gasteiger partial charge in [-0.2, -0.15) is 0 Å². The third-order valence-corrected chi connectivity index (χ3v) is 6.81. The Labute approximate surface area is 256 Å². The summed E-state index contributed by atoms with van der Waals surface area (Å²) in [6.07, 6.45) is 0. The van der Waals surface area contributed by atoms with E-state index in [9.17, 15) is 19.2 Å². The molecule has 2 N–H and O–H groups in total. The molecule has 4 aromatic rings. The molecule has 0 atom stereocenters. The largest absolute Gasteiger partial charge is 0.482 e. The first-order chi connectivity index (χ1) is 21.2. The number of nitrogens with one attached hydrogen (secondary N) is 2. The molecule has 0 saturated heterocycles. The van der Waals surface area contributed by atoms with Crippen LogP contribution in [0.15, 0.2) is 109 Å². The average molecular weight is 594 g/mol. The van der Waals surface area contributed by atoms with Gasteiger partial charge in [0.05, 0.1) is 12.2 Å². The van der Waals surface area contributed by atoms with E-state index >= 15 is 0 Å². The van der Waals surface area contributed by atoms with E-state index in [-0.39, 0.29) is 36.4 Å². The second-order valence-corrected chi connectivity index (χ2v) is 9.99. The number of ether oxygens (including phenoxy) is 1. The lowest BCUT2D eigenvalue weighted by Gasteiger charge is -2.27. The van der Waals surface area contributed by atoms with E-state index < -0.39 is 18.5 Å². The lowest BCUT2D eigenvalue weighted by Crippen LogP contribution is -2.46. The number of likely N-dealkylation sites (N-methyl/N-ethyl adjacent to an activating group) is 2. The normalized spacial score (nSPS) is 10.3. The number of nitrogens with zero attached hydrogens (tertiary/aromatic N) is 3. The molecule has 0 aliphatic carbocycles. The molecular formula is C34H35N5O5. The molecule has 0 heterocycles. The van der Waals surface area contributed by atoms with Crippen LogP contribution in [-0.2, 0) is 14.4 Å². The van der Waals surface area contributed by atoms with Crippen LogP contribution in [0.5, 0.6) is 5.75 Å². The number of hydrogen-bond acceptors (Lipinski definition) is 5. The maximum absolute atomic E-state index is 13.6. The van der Waals surface area contributed by atoms with Gasteiger partial charge >= 0.3 is 6.03 Å². The molecule has 4 rings (SSSR count). The number of aryl methyl sites for hydroxylation is 1. The molecule has 0 bridgehead atoms. The van der Waals surface area contributed by atoms with Gasteiger partial charge in [-0.05, 0) is 61.0 Å². The summed E-state index contributed by atoms with van der Waals surface area (Å²) < 4.78 is 5.91. The zero-order chi connectivity index (χ0) is 31.5. The van der Waals surface area contributed by atoms with Crippen molar-refractivity contribution in [2.24, 2.45) is 0 Å². The molecule has 5 amide bonds. The number of amides is 5. The molecule has 0 saturated carbocycles. The smallest absolute Gasteiger partial charge is 0.319 e. The van der Waals surface area contributed by atoms with Gasteiger partial charge in [-0.3, -0.25) is 19.3 Å². The van der Waals surface area contributed by atoms with Crippen molar-refractivity contribution in [3.63, 3.8) is 0 Å². The lowest BCUT2D eigenvalue weighted by atomic mass is 10.2. The van der Waals surface area contributed by atoms with Crippen LogP contribution >= 0.6 is 0 Å². The highest BCUT2D eigenvalue weighted by atomic mass is 16.5. The fourth-order valence-electron chi connectivity index (χ4n) is 4.33. The summed E-state index contributed by atoms with van der Waals surface area (Å²) in [6.45, 7) is 0.855. The first-order valence-electron chi connectivity index (χ1n) is 14.0. The van der Waals surface area contributed by atoms with E-state index in [0.717, 1.165) is 5.56 Å². The van der Waals surface area contributed by atoms with Crippen LogP contribution in [0.1, 0.15) is 5.56 Å². The summed E-state index contributed by atoms with van der Waals surface area (Å²) in [5, 5.41) is 5.27. The van der Waals surface area contributed by atoms with Gasteiger partial charge < -0.3 is 25.2 Å². The van der Waals surface area contributed by atoms with Crippen LogP contribution in [0.3, 0.4) is 0 Å². The third kappa shape index (κ3) is 8.45. The standard InChI is InChI=1S/C34H35N5O5/c1-25-13-12-14-26(21-25)36-34(43)35-22-31(40)39(23-32(41)37(2)27-15-6-4-7-16-27)29-19-10-11-20-30(29)44-24-33(42)38(3)28-17-8-5-9-18-28/h4-21H,22-24H2,1-3H3,(H2,35,36,43). The monoisotopic (exact) mass is 593 g/mol. The van der Waals surface area contributed by atoms with Crippen LogP contribution < -0.4 is 30.1 Å². The van der Waals surface area contributed by atoms with Gasteiger partial charge in [0.15, 0.2) is 6.61 Å². The van der Waals surface area contributed by atoms with Crippen molar-refractivity contribution < 1.29 is 23.9 Å². The van der Waals surface area contributed by atoms with Crippen LogP contribution in [-0.4, -0.2) is 57.5 Å². The SMILES string of the molecule is Cc1cccc(NC(=O)NCC(=O)N(CC(=O)N(C)c2ccccc2)c2ccccc2OCC(=O)N(C)c2ccccc2)c1. The molecule has 0 spiro atoms. The molecule has 226 valence electrons. The first kappa shape index (κ1) is 31.3. The Morgan fingerprint density at radius 2 is 1.27 bits per heavy atom. The van der Waals surface area contributed by atoms with Crippen molar-refractivity contribution in [1.29, 1.82) is 0 Å². The minimum atomic E-state index is -0.573. The Bertz CT molecular complexity index is 1600. The number of rotatable bonds is 11. The molecular weight excluding hydrogens is 558 g/mol. The summed E-state index contributed by atoms with van der Waals surface area (Å²) in [4.78, 5) is 56.7. The molecule has 0 aliphatic rings. The second-order valence-electron chi connectivity index (χ2n) is 9.99. The van der Waals surface area contributed by atoms with Gasteiger partial charge in [0, 0.05) is 31.2 Å². The summed E-state index contributed by atoms with van der Waals surface area (Å²) >= 11 is 0. The molecule has 0 radical (unpaired) electrons. The maximum Gasteiger partial charge on any atom is 0.319 e. The van der Waals surface area contributed by atoms with Gasteiger partial charge in [0.1, 0.15) is 12.3 Å². The van der Waals surface area contributed by atoms with Crippen molar-refractivity contribution >= 4 is 46.5 Å². The second kappa shape index (κ2) is 15.0. The Kier molecular flexibility index (Phi) is 10.7. The van der Waals surface area contributed by atoms with Crippen LogP contribution in [0.2, 0.25) is 0 Å². The minimum absolute atomic E-state index is 0.232. The Balaban J connectivity index is 1.52. The summed E-state index contributed by atoms with van der Waals surface area (Å²) in [5.74, 6) is -1.00. The van der Waals surface area contributed by atoms with Crippen molar-refractivity contribution in [2.75, 3.05) is 53.8 Å². The quantitative estimate of drug-likeness (QED) is 0.258. The van der Waals surface area contributed by atoms with E-state index in [4.69, 9.17) is 4.74 Å². The Morgan fingerprint density at radius 3 is 1.91 bits per heavy atom. The lowest BCUT2D eigenvalue weighted by molar-refractivity contribution is -0.121. The number of carbonyl (C=O) groups excluding carboxylic acids is 4. The molecule has 0 aliphatic heterocycles. The number of benzene rings is 4. The minimum Gasteiger partial charge on any atom is -0.482 e. The van der Waals surface area contributed by atoms with Gasteiger partial charge in [-0.15, -0.1) is 0 Å². The molecule has 4 aromatic carbocycles. The van der Waals surface area contributed by atoms with E-state index in [1.807, 2.05) is 67.6 Å². The van der Waals surface area contributed by atoms with Crippen LogP contribution in [0.25, 0.3) is 0 Å². The van der Waals surface area contributed by atoms with Crippen LogP contribution in [0, 0.1) is 6.92 Å². The molecule has 0 aromatic heterocycles. The maximum atomic E-state index is 13.6. The van der Waals surface area contributed by atoms with E-state index in [0.29, 0.717) is 17.1 Å². The topological polar surface area (TPSA) is 111 Å². The van der Waals surface area contributed by atoms with Crippen molar-refractivity contribution in [3.05, 3.63) is 115 Å². The van der Waals surface area contributed by atoms with Gasteiger partial charge in [0.2, 0.25) is 11.8 Å². The molecule has 10 nitrogen and oxygen atoms in total. The number of urea groups is 1. The van der Waals surface area contributed by atoms with Crippen molar-refractivity contribution in [2.45, 2.75) is 6.92 Å². The van der Waals surface area contributed by atoms with Crippen LogP contribution in [0.4, 0.5) is 27.5 Å². The fourth-order valence-corrected chi connectivity index (χ4v) is 4.33. The zero-order valence-electron chi connectivity index (χ0n) is 24.9. The highest BCUT2D eigenvalue weighted by Crippen LogP contribution is 2.29. The average Bonchev–Trinajstić information content (AvgIpc) is 3.05. The predicted octanol–water partition coefficient (Wildman–Crippen LogP) is 4.85. The Morgan fingerprint density at radius 1 is 0.682 bits per heavy atom. The molecule has 0 unspecified atom stereocenters.